The zero-order chi connectivity index (χ0) is 21.1. The Labute approximate surface area is 172 Å². The molecule has 0 aliphatic heterocycles. The van der Waals surface area contributed by atoms with Crippen LogP contribution >= 0.6 is 0 Å². The molecule has 29 heavy (non-hydrogen) atoms. The Balaban J connectivity index is 1.77. The SMILES string of the molecule is O=Cc1ccccc1-c1ccc(CCS(=O)(=O)NCCCCCCC(=O)O)cc1. The molecule has 0 saturated carbocycles. The smallest absolute Gasteiger partial charge is 0.303 e. The van der Waals surface area contributed by atoms with E-state index < -0.39 is 16.0 Å². The first kappa shape index (κ1) is 22.8. The van der Waals surface area contributed by atoms with Crippen molar-refractivity contribution in [2.45, 2.75) is 38.5 Å². The van der Waals surface area contributed by atoms with Gasteiger partial charge < -0.3 is 5.11 Å². The number of unbranched alkanes of at least 4 members (excludes halogenated alkanes) is 3. The first-order valence-electron chi connectivity index (χ1n) is 9.74. The van der Waals surface area contributed by atoms with Crippen LogP contribution in [-0.2, 0) is 21.2 Å². The van der Waals surface area contributed by atoms with Crippen LogP contribution in [0.15, 0.2) is 48.5 Å². The molecule has 0 heterocycles. The van der Waals surface area contributed by atoms with E-state index in [2.05, 4.69) is 4.72 Å². The largest absolute Gasteiger partial charge is 0.481 e. The Morgan fingerprint density at radius 2 is 1.66 bits per heavy atom. The molecule has 6 nitrogen and oxygen atoms in total. The van der Waals surface area contributed by atoms with Gasteiger partial charge in [0.05, 0.1) is 5.75 Å². The summed E-state index contributed by atoms with van der Waals surface area (Å²) in [5.41, 5.74) is 3.30. The molecule has 0 aliphatic rings. The monoisotopic (exact) mass is 417 g/mol. The van der Waals surface area contributed by atoms with Crippen molar-refractivity contribution in [1.82, 2.24) is 4.72 Å². The molecule has 2 rings (SSSR count). The van der Waals surface area contributed by atoms with Crippen molar-refractivity contribution in [3.63, 3.8) is 0 Å². The van der Waals surface area contributed by atoms with Gasteiger partial charge in [0.1, 0.15) is 0 Å². The number of aryl methyl sites for hydroxylation is 1. The highest BCUT2D eigenvalue weighted by molar-refractivity contribution is 7.89. The number of carboxylic acid groups (broad SMARTS) is 1. The van der Waals surface area contributed by atoms with E-state index in [9.17, 15) is 18.0 Å². The van der Waals surface area contributed by atoms with E-state index in [1.807, 2.05) is 42.5 Å². The van der Waals surface area contributed by atoms with Gasteiger partial charge in [0, 0.05) is 18.5 Å². The number of hydrogen-bond acceptors (Lipinski definition) is 4. The highest BCUT2D eigenvalue weighted by Crippen LogP contribution is 2.23. The minimum Gasteiger partial charge on any atom is -0.481 e. The summed E-state index contributed by atoms with van der Waals surface area (Å²) < 4.78 is 26.9. The van der Waals surface area contributed by atoms with Gasteiger partial charge >= 0.3 is 5.97 Å². The van der Waals surface area contributed by atoms with Crippen molar-refractivity contribution >= 4 is 22.3 Å². The Morgan fingerprint density at radius 1 is 0.966 bits per heavy atom. The number of sulfonamides is 1. The lowest BCUT2D eigenvalue weighted by Gasteiger charge is -2.08. The number of carbonyl (C=O) groups is 2. The molecule has 0 radical (unpaired) electrons. The van der Waals surface area contributed by atoms with Crippen LogP contribution in [0.3, 0.4) is 0 Å². The Kier molecular flexibility index (Phi) is 9.02. The van der Waals surface area contributed by atoms with E-state index in [0.29, 0.717) is 31.4 Å². The van der Waals surface area contributed by atoms with Gasteiger partial charge in [0.2, 0.25) is 10.0 Å². The molecule has 0 fully saturated rings. The molecule has 0 aromatic heterocycles. The van der Waals surface area contributed by atoms with Gasteiger partial charge in [0.15, 0.2) is 6.29 Å². The maximum absolute atomic E-state index is 12.1. The summed E-state index contributed by atoms with van der Waals surface area (Å²) in [5.74, 6) is -0.789. The summed E-state index contributed by atoms with van der Waals surface area (Å²) in [6.07, 6.45) is 4.30. The summed E-state index contributed by atoms with van der Waals surface area (Å²) in [5, 5.41) is 8.57. The second kappa shape index (κ2) is 11.5. The third-order valence-corrected chi connectivity index (χ3v) is 6.04. The fraction of sp³-hybridized carbons (Fsp3) is 0.364. The van der Waals surface area contributed by atoms with E-state index >= 15 is 0 Å². The number of aliphatic carboxylic acids is 1. The van der Waals surface area contributed by atoms with E-state index in [4.69, 9.17) is 5.11 Å². The lowest BCUT2D eigenvalue weighted by atomic mass is 9.99. The van der Waals surface area contributed by atoms with Gasteiger partial charge in [-0.3, -0.25) is 9.59 Å². The second-order valence-electron chi connectivity index (χ2n) is 6.92. The topological polar surface area (TPSA) is 101 Å². The molecular formula is C22H27NO5S. The molecule has 0 unspecified atom stereocenters. The number of nitrogens with one attached hydrogen (secondary N) is 1. The van der Waals surface area contributed by atoms with Gasteiger partial charge in [-0.05, 0) is 36.0 Å². The molecule has 0 aliphatic carbocycles. The molecule has 0 spiro atoms. The van der Waals surface area contributed by atoms with Gasteiger partial charge in [-0.2, -0.15) is 0 Å². The number of carbonyl (C=O) groups excluding carboxylic acids is 1. The first-order chi connectivity index (χ1) is 13.9. The van der Waals surface area contributed by atoms with E-state index in [-0.39, 0.29) is 12.2 Å². The predicted molar refractivity (Wildman–Crippen MR) is 113 cm³/mol. The van der Waals surface area contributed by atoms with Crippen molar-refractivity contribution < 1.29 is 23.1 Å². The molecule has 2 aromatic carbocycles. The quantitative estimate of drug-likeness (QED) is 0.383. The summed E-state index contributed by atoms with van der Waals surface area (Å²) in [4.78, 5) is 21.6. The Hall–Kier alpha value is -2.51. The van der Waals surface area contributed by atoms with Crippen LogP contribution in [0.5, 0.6) is 0 Å². The summed E-state index contributed by atoms with van der Waals surface area (Å²) in [6.45, 7) is 0.372. The van der Waals surface area contributed by atoms with Crippen LogP contribution in [0.4, 0.5) is 0 Å². The molecule has 156 valence electrons. The third kappa shape index (κ3) is 8.17. The minimum atomic E-state index is -3.35. The maximum Gasteiger partial charge on any atom is 0.303 e. The molecule has 0 saturated heterocycles. The number of carboxylic acids is 1. The second-order valence-corrected chi connectivity index (χ2v) is 8.85. The molecular weight excluding hydrogens is 390 g/mol. The van der Waals surface area contributed by atoms with Gasteiger partial charge in [0.25, 0.3) is 0 Å². The van der Waals surface area contributed by atoms with Crippen molar-refractivity contribution in [3.8, 4) is 11.1 Å². The van der Waals surface area contributed by atoms with Crippen molar-refractivity contribution in [1.29, 1.82) is 0 Å². The fourth-order valence-electron chi connectivity index (χ4n) is 3.02. The molecule has 2 N–H and O–H groups in total. The highest BCUT2D eigenvalue weighted by atomic mass is 32.2. The van der Waals surface area contributed by atoms with Gasteiger partial charge in [-0.25, -0.2) is 13.1 Å². The Morgan fingerprint density at radius 3 is 2.34 bits per heavy atom. The standard InChI is InChI=1S/C22H27NO5S/c24-17-20-7-4-5-8-21(20)19-12-10-18(11-13-19)14-16-29(27,28)23-15-6-2-1-3-9-22(25)26/h4-5,7-8,10-13,17,23H,1-3,6,9,14-16H2,(H,25,26). The molecule has 7 heteroatoms. The summed E-state index contributed by atoms with van der Waals surface area (Å²) >= 11 is 0. The molecule has 0 amide bonds. The number of benzene rings is 2. The molecule has 2 aromatic rings. The van der Waals surface area contributed by atoms with Crippen LogP contribution in [0.2, 0.25) is 0 Å². The van der Waals surface area contributed by atoms with Crippen LogP contribution < -0.4 is 4.72 Å². The lowest BCUT2D eigenvalue weighted by molar-refractivity contribution is -0.137. The zero-order valence-electron chi connectivity index (χ0n) is 16.3. The van der Waals surface area contributed by atoms with Crippen LogP contribution in [-0.4, -0.2) is 38.1 Å². The average Bonchev–Trinajstić information content (AvgIpc) is 2.72. The average molecular weight is 418 g/mol. The van der Waals surface area contributed by atoms with E-state index in [0.717, 1.165) is 35.8 Å². The maximum atomic E-state index is 12.1. The van der Waals surface area contributed by atoms with Crippen molar-refractivity contribution in [3.05, 3.63) is 59.7 Å². The third-order valence-electron chi connectivity index (χ3n) is 4.65. The van der Waals surface area contributed by atoms with Gasteiger partial charge in [-0.1, -0.05) is 61.4 Å². The highest BCUT2D eigenvalue weighted by Gasteiger charge is 2.10. The predicted octanol–water partition coefficient (Wildman–Crippen LogP) is 3.66. The number of hydrogen-bond donors (Lipinski definition) is 2. The van der Waals surface area contributed by atoms with Gasteiger partial charge in [-0.15, -0.1) is 0 Å². The summed E-state index contributed by atoms with van der Waals surface area (Å²) in [7, 11) is -3.35. The minimum absolute atomic E-state index is 0.0102. The molecule has 0 atom stereocenters. The van der Waals surface area contributed by atoms with E-state index in [1.54, 1.807) is 6.07 Å². The van der Waals surface area contributed by atoms with Crippen molar-refractivity contribution in [2.24, 2.45) is 0 Å². The van der Waals surface area contributed by atoms with Crippen LogP contribution in [0.25, 0.3) is 11.1 Å². The molecule has 0 bridgehead atoms. The fourth-order valence-corrected chi connectivity index (χ4v) is 4.12. The lowest BCUT2D eigenvalue weighted by Crippen LogP contribution is -2.28. The summed E-state index contributed by atoms with van der Waals surface area (Å²) in [6, 6.07) is 14.9. The zero-order valence-corrected chi connectivity index (χ0v) is 17.2. The number of rotatable bonds is 13. The van der Waals surface area contributed by atoms with E-state index in [1.165, 1.54) is 0 Å². The van der Waals surface area contributed by atoms with Crippen molar-refractivity contribution in [2.75, 3.05) is 12.3 Å². The first-order valence-corrected chi connectivity index (χ1v) is 11.4. The number of aldehydes is 1. The normalized spacial score (nSPS) is 11.3. The van der Waals surface area contributed by atoms with Crippen LogP contribution in [0.1, 0.15) is 48.0 Å². The Bertz CT molecular complexity index is 907. The van der Waals surface area contributed by atoms with Crippen LogP contribution in [0, 0.1) is 0 Å².